The third kappa shape index (κ3) is 2.61. The molecule has 2 nitrogen and oxygen atoms in total. The van der Waals surface area contributed by atoms with Crippen LogP contribution in [-0.2, 0) is 0 Å². The topological polar surface area (TPSA) is 63.0 Å². The van der Waals surface area contributed by atoms with Gasteiger partial charge in [0.25, 0.3) is 0 Å². The van der Waals surface area contributed by atoms with Gasteiger partial charge in [-0.05, 0) is 6.07 Å². The van der Waals surface area contributed by atoms with Crippen LogP contribution in [0.25, 0.3) is 0 Å². The van der Waals surface area contributed by atoms with E-state index in [2.05, 4.69) is 0 Å². The van der Waals surface area contributed by atoms with Gasteiger partial charge >= 0.3 is 0 Å². The van der Waals surface area contributed by atoms with Crippen molar-refractivity contribution in [1.82, 2.24) is 0 Å². The first-order valence-corrected chi connectivity index (χ1v) is 2.31. The summed E-state index contributed by atoms with van der Waals surface area (Å²) in [5, 5.41) is 0. The summed E-state index contributed by atoms with van der Waals surface area (Å²) in [5.41, 5.74) is 0.201. The minimum atomic E-state index is -0.354. The zero-order valence-electron chi connectivity index (χ0n) is 5.26. The van der Waals surface area contributed by atoms with Crippen LogP contribution in [-0.4, -0.2) is 18.8 Å². The van der Waals surface area contributed by atoms with Gasteiger partial charge in [0.1, 0.15) is 13.7 Å². The fraction of sp³-hybridized carbons (Fsp3) is 0. The molecule has 0 saturated heterocycles. The molecule has 1 aromatic carbocycles. The Morgan fingerprint density at radius 3 is 1.90 bits per heavy atom. The lowest BCUT2D eigenvalue weighted by molar-refractivity contribution is 0.636. The predicted octanol–water partition coefficient (Wildman–Crippen LogP) is -1.03. The smallest absolute Gasteiger partial charge is 0.117 e. The minimum Gasteiger partial charge on any atom is -0.412 e. The molecule has 0 aliphatic carbocycles. The molecular formula is C6H8BFO2. The van der Waals surface area contributed by atoms with Gasteiger partial charge in [-0.15, -0.1) is 0 Å². The summed E-state index contributed by atoms with van der Waals surface area (Å²) in [7, 11) is 5.14. The number of hydrogen-bond donors (Lipinski definition) is 0. The number of hydrogen-bond acceptors (Lipinski definition) is 0. The Balaban J connectivity index is 0. The summed E-state index contributed by atoms with van der Waals surface area (Å²) < 4.78 is 12.2. The summed E-state index contributed by atoms with van der Waals surface area (Å²) in [4.78, 5) is 0. The summed E-state index contributed by atoms with van der Waals surface area (Å²) in [6, 6.07) is 6.15. The van der Waals surface area contributed by atoms with Gasteiger partial charge in [0.15, 0.2) is 0 Å². The molecule has 0 unspecified atom stereocenters. The van der Waals surface area contributed by atoms with Crippen LogP contribution in [0.1, 0.15) is 0 Å². The third-order valence-corrected chi connectivity index (χ3v) is 0.905. The molecule has 0 aromatic heterocycles. The molecule has 0 amide bonds. The Kier molecular flexibility index (Phi) is 5.89. The largest absolute Gasteiger partial charge is 0.412 e. The maximum Gasteiger partial charge on any atom is 0.117 e. The van der Waals surface area contributed by atoms with Gasteiger partial charge in [-0.3, -0.25) is 0 Å². The standard InChI is InChI=1S/C6H4BF.2H2O/c7-5-3-1-2-4-6(5)8;;/h1-4H;2*1H2. The second-order valence-electron chi connectivity index (χ2n) is 1.52. The molecule has 4 N–H and O–H groups in total. The molecule has 0 heterocycles. The first-order chi connectivity index (χ1) is 3.80. The van der Waals surface area contributed by atoms with E-state index in [-0.39, 0.29) is 22.2 Å². The van der Waals surface area contributed by atoms with Crippen LogP contribution in [0.4, 0.5) is 4.39 Å². The molecule has 0 fully saturated rings. The molecule has 2 radical (unpaired) electrons. The Hall–Kier alpha value is -0.865. The molecule has 1 rings (SSSR count). The van der Waals surface area contributed by atoms with Crippen molar-refractivity contribution in [3.63, 3.8) is 0 Å². The summed E-state index contributed by atoms with van der Waals surface area (Å²) in [6.07, 6.45) is 0. The van der Waals surface area contributed by atoms with E-state index in [4.69, 9.17) is 7.85 Å². The molecule has 1 aromatic rings. The monoisotopic (exact) mass is 142 g/mol. The maximum atomic E-state index is 12.2. The Morgan fingerprint density at radius 2 is 1.60 bits per heavy atom. The fourth-order valence-electron chi connectivity index (χ4n) is 0.475. The van der Waals surface area contributed by atoms with E-state index in [9.17, 15) is 4.39 Å². The van der Waals surface area contributed by atoms with Gasteiger partial charge in [-0.1, -0.05) is 23.7 Å². The van der Waals surface area contributed by atoms with Crippen molar-refractivity contribution < 1.29 is 15.3 Å². The molecule has 0 aliphatic heterocycles. The van der Waals surface area contributed by atoms with Crippen LogP contribution in [0.5, 0.6) is 0 Å². The van der Waals surface area contributed by atoms with Gasteiger partial charge < -0.3 is 11.0 Å². The van der Waals surface area contributed by atoms with E-state index in [1.807, 2.05) is 0 Å². The van der Waals surface area contributed by atoms with Crippen molar-refractivity contribution in [2.24, 2.45) is 0 Å². The quantitative estimate of drug-likeness (QED) is 0.415. The first kappa shape index (κ1) is 11.9. The van der Waals surface area contributed by atoms with Crippen molar-refractivity contribution in [2.45, 2.75) is 0 Å². The van der Waals surface area contributed by atoms with Crippen molar-refractivity contribution in [3.8, 4) is 0 Å². The highest BCUT2D eigenvalue weighted by Crippen LogP contribution is 1.88. The first-order valence-electron chi connectivity index (χ1n) is 2.31. The van der Waals surface area contributed by atoms with Gasteiger partial charge in [-0.25, -0.2) is 4.39 Å². The van der Waals surface area contributed by atoms with Crippen LogP contribution in [0.2, 0.25) is 0 Å². The Morgan fingerprint density at radius 1 is 1.10 bits per heavy atom. The van der Waals surface area contributed by atoms with Crippen LogP contribution in [0, 0.1) is 5.82 Å². The van der Waals surface area contributed by atoms with E-state index in [0.717, 1.165) is 0 Å². The summed E-state index contributed by atoms with van der Waals surface area (Å²) in [5.74, 6) is -0.354. The van der Waals surface area contributed by atoms with Crippen molar-refractivity contribution >= 4 is 13.3 Å². The van der Waals surface area contributed by atoms with Crippen LogP contribution < -0.4 is 5.46 Å². The van der Waals surface area contributed by atoms with Gasteiger partial charge in [0.05, 0.1) is 0 Å². The Labute approximate surface area is 59.7 Å². The highest BCUT2D eigenvalue weighted by molar-refractivity contribution is 6.32. The minimum absolute atomic E-state index is 0. The van der Waals surface area contributed by atoms with E-state index >= 15 is 0 Å². The molecule has 4 heteroatoms. The van der Waals surface area contributed by atoms with E-state index in [0.29, 0.717) is 0 Å². The van der Waals surface area contributed by atoms with Crippen molar-refractivity contribution in [3.05, 3.63) is 30.1 Å². The number of halogens is 1. The Bertz CT molecular complexity index is 172. The summed E-state index contributed by atoms with van der Waals surface area (Å²) >= 11 is 0. The summed E-state index contributed by atoms with van der Waals surface area (Å²) in [6.45, 7) is 0. The molecule has 0 spiro atoms. The molecule has 0 aliphatic rings. The van der Waals surface area contributed by atoms with Crippen LogP contribution in [0.15, 0.2) is 24.3 Å². The lowest BCUT2D eigenvalue weighted by atomic mass is 9.96. The second kappa shape index (κ2) is 4.96. The van der Waals surface area contributed by atoms with E-state index in [1.165, 1.54) is 12.1 Å². The highest BCUT2D eigenvalue weighted by atomic mass is 19.1. The van der Waals surface area contributed by atoms with E-state index in [1.54, 1.807) is 12.1 Å². The molecule has 54 valence electrons. The van der Waals surface area contributed by atoms with Crippen molar-refractivity contribution in [2.75, 3.05) is 0 Å². The van der Waals surface area contributed by atoms with E-state index < -0.39 is 0 Å². The zero-order chi connectivity index (χ0) is 5.98. The molecular weight excluding hydrogens is 134 g/mol. The predicted molar refractivity (Wildman–Crippen MR) is 39.0 cm³/mol. The van der Waals surface area contributed by atoms with Gasteiger partial charge in [0, 0.05) is 0 Å². The van der Waals surface area contributed by atoms with Crippen LogP contribution in [0.3, 0.4) is 0 Å². The van der Waals surface area contributed by atoms with Crippen molar-refractivity contribution in [1.29, 1.82) is 0 Å². The average Bonchev–Trinajstić information content (AvgIpc) is 1.77. The number of rotatable bonds is 0. The molecule has 0 saturated carbocycles. The number of benzene rings is 1. The molecule has 10 heavy (non-hydrogen) atoms. The second-order valence-corrected chi connectivity index (χ2v) is 1.52. The average molecular weight is 142 g/mol. The third-order valence-electron chi connectivity index (χ3n) is 0.905. The maximum absolute atomic E-state index is 12.2. The zero-order valence-corrected chi connectivity index (χ0v) is 5.26. The normalized spacial score (nSPS) is 7.30. The van der Waals surface area contributed by atoms with Crippen LogP contribution >= 0.6 is 0 Å². The highest BCUT2D eigenvalue weighted by Gasteiger charge is 1.88. The van der Waals surface area contributed by atoms with Gasteiger partial charge in [-0.2, -0.15) is 0 Å². The van der Waals surface area contributed by atoms with Gasteiger partial charge in [0.2, 0.25) is 0 Å². The lowest BCUT2D eigenvalue weighted by Gasteiger charge is -1.89. The molecule has 0 bridgehead atoms. The lowest BCUT2D eigenvalue weighted by Crippen LogP contribution is -2.05. The molecule has 0 atom stereocenters. The fourth-order valence-corrected chi connectivity index (χ4v) is 0.475. The SMILES string of the molecule is O.O.[B]c1ccccc1F.